The number of nitrogens with zero attached hydrogens (tertiary/aromatic N) is 4. The lowest BCUT2D eigenvalue weighted by Gasteiger charge is -2.17. The molecule has 0 radical (unpaired) electrons. The Morgan fingerprint density at radius 1 is 1.00 bits per heavy atom. The summed E-state index contributed by atoms with van der Waals surface area (Å²) in [6.07, 6.45) is 3.31. The van der Waals surface area contributed by atoms with Gasteiger partial charge in [-0.15, -0.1) is 5.10 Å². The van der Waals surface area contributed by atoms with E-state index in [-0.39, 0.29) is 17.6 Å². The Morgan fingerprint density at radius 3 is 2.32 bits per heavy atom. The summed E-state index contributed by atoms with van der Waals surface area (Å²) in [6, 6.07) is 15.9. The van der Waals surface area contributed by atoms with Gasteiger partial charge in [-0.1, -0.05) is 30.0 Å². The van der Waals surface area contributed by atoms with Crippen molar-refractivity contribution in [3.8, 4) is 17.1 Å². The summed E-state index contributed by atoms with van der Waals surface area (Å²) in [5.41, 5.74) is 4.15. The van der Waals surface area contributed by atoms with Crippen molar-refractivity contribution in [1.82, 2.24) is 19.7 Å². The monoisotopic (exact) mass is 516 g/mol. The second-order valence-electron chi connectivity index (χ2n) is 8.40. The molecule has 10 heteroatoms. The molecule has 190 valence electrons. The predicted octanol–water partition coefficient (Wildman–Crippen LogP) is 4.90. The number of anilines is 2. The van der Waals surface area contributed by atoms with Crippen LogP contribution in [0, 0.1) is 13.8 Å². The lowest BCUT2D eigenvalue weighted by atomic mass is 10.1. The first-order chi connectivity index (χ1) is 17.9. The third kappa shape index (κ3) is 6.34. The molecule has 0 aliphatic heterocycles. The lowest BCUT2D eigenvalue weighted by Crippen LogP contribution is -2.26. The zero-order chi connectivity index (χ0) is 26.4. The van der Waals surface area contributed by atoms with E-state index in [4.69, 9.17) is 4.74 Å². The van der Waals surface area contributed by atoms with E-state index in [0.717, 1.165) is 22.4 Å². The van der Waals surface area contributed by atoms with E-state index in [0.29, 0.717) is 22.4 Å². The Balaban J connectivity index is 1.53. The average molecular weight is 517 g/mol. The molecule has 0 fully saturated rings. The summed E-state index contributed by atoms with van der Waals surface area (Å²) in [6.45, 7) is 5.66. The van der Waals surface area contributed by atoms with Gasteiger partial charge in [-0.3, -0.25) is 14.6 Å². The minimum absolute atomic E-state index is 0.0890. The number of aryl methyl sites for hydroxylation is 2. The minimum atomic E-state index is -0.672. The van der Waals surface area contributed by atoms with Crippen LogP contribution < -0.4 is 15.4 Å². The van der Waals surface area contributed by atoms with E-state index >= 15 is 0 Å². The molecule has 1 atom stereocenters. The summed E-state index contributed by atoms with van der Waals surface area (Å²) >= 11 is 1.21. The normalized spacial score (nSPS) is 11.6. The van der Waals surface area contributed by atoms with Crippen molar-refractivity contribution in [2.24, 2.45) is 0 Å². The molecule has 2 amide bonds. The van der Waals surface area contributed by atoms with Crippen LogP contribution in [-0.4, -0.2) is 44.4 Å². The van der Waals surface area contributed by atoms with Gasteiger partial charge in [0.1, 0.15) is 11.8 Å². The van der Waals surface area contributed by atoms with Crippen LogP contribution in [0.3, 0.4) is 0 Å². The summed E-state index contributed by atoms with van der Waals surface area (Å²) in [4.78, 5) is 34.6. The fourth-order valence-corrected chi connectivity index (χ4v) is 4.45. The number of pyridine rings is 1. The molecule has 2 aromatic heterocycles. The van der Waals surface area contributed by atoms with Crippen molar-refractivity contribution in [2.75, 3.05) is 23.5 Å². The fourth-order valence-electron chi connectivity index (χ4n) is 3.63. The maximum Gasteiger partial charge on any atom is 0.249 e. The Bertz CT molecular complexity index is 1370. The number of aromatic nitrogens is 4. The van der Waals surface area contributed by atoms with E-state index < -0.39 is 6.04 Å². The molecule has 4 aromatic rings. The molecule has 4 rings (SSSR count). The van der Waals surface area contributed by atoms with E-state index in [2.05, 4.69) is 25.7 Å². The first kappa shape index (κ1) is 25.9. The molecule has 0 bridgehead atoms. The first-order valence-electron chi connectivity index (χ1n) is 11.7. The van der Waals surface area contributed by atoms with Gasteiger partial charge in [-0.05, 0) is 68.3 Å². The number of benzene rings is 2. The van der Waals surface area contributed by atoms with Crippen LogP contribution >= 0.6 is 11.8 Å². The van der Waals surface area contributed by atoms with Crippen LogP contribution in [0.15, 0.2) is 72.1 Å². The SMILES string of the molecule is COc1ccc(NC(=O)CSc2nc(-c3ccncc3)nn2[C@@H](C)C(=O)Nc2c(C)cccc2C)cc1. The molecule has 37 heavy (non-hydrogen) atoms. The minimum Gasteiger partial charge on any atom is -0.497 e. The van der Waals surface area contributed by atoms with Crippen molar-refractivity contribution in [2.45, 2.75) is 32.0 Å². The molecule has 0 aliphatic rings. The van der Waals surface area contributed by atoms with Crippen LogP contribution in [0.25, 0.3) is 11.4 Å². The molecular formula is C27H28N6O3S. The van der Waals surface area contributed by atoms with E-state index in [1.165, 1.54) is 11.8 Å². The summed E-state index contributed by atoms with van der Waals surface area (Å²) in [5, 5.41) is 11.0. The number of hydrogen-bond donors (Lipinski definition) is 2. The highest BCUT2D eigenvalue weighted by molar-refractivity contribution is 7.99. The highest BCUT2D eigenvalue weighted by Gasteiger charge is 2.24. The Morgan fingerprint density at radius 2 is 1.68 bits per heavy atom. The Hall–Kier alpha value is -4.18. The smallest absolute Gasteiger partial charge is 0.249 e. The first-order valence-corrected chi connectivity index (χ1v) is 12.6. The number of thioether (sulfide) groups is 1. The summed E-state index contributed by atoms with van der Waals surface area (Å²) < 4.78 is 6.71. The van der Waals surface area contributed by atoms with Gasteiger partial charge in [-0.2, -0.15) is 0 Å². The van der Waals surface area contributed by atoms with Crippen LogP contribution in [0.5, 0.6) is 5.75 Å². The molecular weight excluding hydrogens is 488 g/mol. The summed E-state index contributed by atoms with van der Waals surface area (Å²) in [7, 11) is 1.59. The largest absolute Gasteiger partial charge is 0.497 e. The molecule has 0 unspecified atom stereocenters. The molecule has 0 saturated heterocycles. The number of methoxy groups -OCH3 is 1. The van der Waals surface area contributed by atoms with E-state index in [9.17, 15) is 9.59 Å². The van der Waals surface area contributed by atoms with Crippen LogP contribution in [0.1, 0.15) is 24.1 Å². The van der Waals surface area contributed by atoms with E-state index in [1.807, 2.05) is 32.0 Å². The number of carbonyl (C=O) groups excluding carboxylic acids is 2. The van der Waals surface area contributed by atoms with Crippen molar-refractivity contribution in [1.29, 1.82) is 0 Å². The fraction of sp³-hybridized carbons (Fsp3) is 0.222. The van der Waals surface area contributed by atoms with Gasteiger partial charge in [0.05, 0.1) is 12.9 Å². The Labute approximate surface area is 219 Å². The number of hydrogen-bond acceptors (Lipinski definition) is 7. The molecule has 2 heterocycles. The highest BCUT2D eigenvalue weighted by Crippen LogP contribution is 2.27. The number of carbonyl (C=O) groups is 2. The zero-order valence-corrected chi connectivity index (χ0v) is 21.9. The third-order valence-electron chi connectivity index (χ3n) is 5.72. The van der Waals surface area contributed by atoms with Crippen molar-refractivity contribution >= 4 is 35.0 Å². The van der Waals surface area contributed by atoms with Crippen molar-refractivity contribution in [3.63, 3.8) is 0 Å². The topological polar surface area (TPSA) is 111 Å². The van der Waals surface area contributed by atoms with Gasteiger partial charge in [0.25, 0.3) is 0 Å². The molecule has 0 saturated carbocycles. The maximum absolute atomic E-state index is 13.2. The maximum atomic E-state index is 13.2. The van der Waals surface area contributed by atoms with Crippen molar-refractivity contribution in [3.05, 3.63) is 78.1 Å². The van der Waals surface area contributed by atoms with Crippen LogP contribution in [0.4, 0.5) is 11.4 Å². The molecule has 2 N–H and O–H groups in total. The summed E-state index contributed by atoms with van der Waals surface area (Å²) in [5.74, 6) is 0.812. The number of ether oxygens (including phenoxy) is 1. The quantitative estimate of drug-likeness (QED) is 0.305. The molecule has 0 aliphatic carbocycles. The number of rotatable bonds is 9. The van der Waals surface area contributed by atoms with Gasteiger partial charge in [0.2, 0.25) is 11.8 Å². The number of para-hydroxylation sites is 1. The molecule has 9 nitrogen and oxygen atoms in total. The van der Waals surface area contributed by atoms with Gasteiger partial charge < -0.3 is 15.4 Å². The van der Waals surface area contributed by atoms with Crippen molar-refractivity contribution < 1.29 is 14.3 Å². The second kappa shape index (κ2) is 11.7. The standard InChI is InChI=1S/C27H28N6O3S/c1-17-6-5-7-18(2)24(17)30-26(35)19(3)33-27(31-25(32-33)20-12-14-28-15-13-20)37-16-23(34)29-21-8-10-22(36-4)11-9-21/h5-15,19H,16H2,1-4H3,(H,29,34)(H,30,35)/t19-/m0/s1. The average Bonchev–Trinajstić information content (AvgIpc) is 3.34. The second-order valence-corrected chi connectivity index (χ2v) is 9.34. The molecule has 2 aromatic carbocycles. The number of nitrogens with one attached hydrogen (secondary N) is 2. The Kier molecular flexibility index (Phi) is 8.19. The van der Waals surface area contributed by atoms with Gasteiger partial charge in [0.15, 0.2) is 11.0 Å². The van der Waals surface area contributed by atoms with Gasteiger partial charge in [0, 0.05) is 29.3 Å². The highest BCUT2D eigenvalue weighted by atomic mass is 32.2. The lowest BCUT2D eigenvalue weighted by molar-refractivity contribution is -0.119. The number of amides is 2. The predicted molar refractivity (Wildman–Crippen MR) is 145 cm³/mol. The van der Waals surface area contributed by atoms with Crippen LogP contribution in [-0.2, 0) is 9.59 Å². The van der Waals surface area contributed by atoms with Gasteiger partial charge in [-0.25, -0.2) is 9.67 Å². The van der Waals surface area contributed by atoms with Crippen LogP contribution in [0.2, 0.25) is 0 Å². The third-order valence-corrected chi connectivity index (χ3v) is 6.66. The molecule has 0 spiro atoms. The van der Waals surface area contributed by atoms with Gasteiger partial charge >= 0.3 is 0 Å². The van der Waals surface area contributed by atoms with E-state index in [1.54, 1.807) is 67.5 Å². The zero-order valence-electron chi connectivity index (χ0n) is 21.1.